The van der Waals surface area contributed by atoms with Crippen LogP contribution < -0.4 is 16.8 Å². The third-order valence-electron chi connectivity index (χ3n) is 5.88. The van der Waals surface area contributed by atoms with Gasteiger partial charge in [0.15, 0.2) is 0 Å². The molecule has 0 bridgehead atoms. The van der Waals surface area contributed by atoms with Crippen molar-refractivity contribution in [3.63, 3.8) is 0 Å². The second-order valence-electron chi connectivity index (χ2n) is 8.98. The minimum Gasteiger partial charge on any atom is -0.465 e. The molecule has 7 nitrogen and oxygen atoms in total. The predicted octanol–water partition coefficient (Wildman–Crippen LogP) is 4.98. The van der Waals surface area contributed by atoms with E-state index in [0.29, 0.717) is 30.3 Å². The summed E-state index contributed by atoms with van der Waals surface area (Å²) in [4.78, 5) is 29.8. The number of methoxy groups -OCH3 is 1. The molecule has 0 fully saturated rings. The molecule has 3 rings (SSSR count). The highest BCUT2D eigenvalue weighted by Gasteiger charge is 2.21. The Morgan fingerprint density at radius 3 is 2.24 bits per heavy atom. The smallest absolute Gasteiger partial charge is 0.337 e. The van der Waals surface area contributed by atoms with Crippen molar-refractivity contribution in [3.05, 3.63) is 82.2 Å². The van der Waals surface area contributed by atoms with Crippen molar-refractivity contribution in [1.82, 2.24) is 4.98 Å². The minimum absolute atomic E-state index is 0. The molecule has 0 saturated carbocycles. The van der Waals surface area contributed by atoms with Crippen molar-refractivity contribution in [3.8, 4) is 11.1 Å². The maximum atomic E-state index is 13.1. The van der Waals surface area contributed by atoms with Gasteiger partial charge in [0, 0.05) is 30.2 Å². The van der Waals surface area contributed by atoms with Gasteiger partial charge in [0.05, 0.1) is 19.1 Å². The van der Waals surface area contributed by atoms with E-state index in [1.54, 1.807) is 24.3 Å². The lowest BCUT2D eigenvalue weighted by Crippen LogP contribution is -2.19. The summed E-state index contributed by atoms with van der Waals surface area (Å²) in [5.41, 5.74) is 19.5. The maximum Gasteiger partial charge on any atom is 0.337 e. The monoisotopic (exact) mass is 546 g/mol. The van der Waals surface area contributed by atoms with Crippen LogP contribution >= 0.6 is 24.8 Å². The predicted molar refractivity (Wildman–Crippen MR) is 153 cm³/mol. The van der Waals surface area contributed by atoms with Gasteiger partial charge in [-0.25, -0.2) is 4.79 Å². The van der Waals surface area contributed by atoms with Gasteiger partial charge in [-0.1, -0.05) is 44.2 Å². The van der Waals surface area contributed by atoms with E-state index in [-0.39, 0.29) is 37.1 Å². The summed E-state index contributed by atoms with van der Waals surface area (Å²) in [7, 11) is 1.32. The van der Waals surface area contributed by atoms with Gasteiger partial charge in [-0.3, -0.25) is 9.78 Å². The van der Waals surface area contributed by atoms with E-state index in [1.165, 1.54) is 7.11 Å². The number of esters is 1. The van der Waals surface area contributed by atoms with Gasteiger partial charge in [0.25, 0.3) is 0 Å². The average Bonchev–Trinajstić information content (AvgIpc) is 2.84. The first-order chi connectivity index (χ1) is 16.8. The molecule has 3 aromatic rings. The maximum absolute atomic E-state index is 13.1. The minimum atomic E-state index is -0.460. The number of hydrogen-bond donors (Lipinski definition) is 3. The molecule has 0 saturated heterocycles. The van der Waals surface area contributed by atoms with Crippen molar-refractivity contribution in [2.75, 3.05) is 12.4 Å². The van der Waals surface area contributed by atoms with Crippen LogP contribution in [0.4, 0.5) is 5.69 Å². The Morgan fingerprint density at radius 2 is 1.68 bits per heavy atom. The molecule has 5 N–H and O–H groups in total. The van der Waals surface area contributed by atoms with Crippen LogP contribution in [0.15, 0.2) is 48.5 Å². The van der Waals surface area contributed by atoms with Gasteiger partial charge in [0.1, 0.15) is 0 Å². The molecule has 0 unspecified atom stereocenters. The Bertz CT molecular complexity index is 1210. The number of ether oxygens (including phenoxy) is 1. The van der Waals surface area contributed by atoms with Crippen molar-refractivity contribution in [2.45, 2.75) is 46.7 Å². The molecule has 0 aliphatic rings. The number of aryl methyl sites for hydroxylation is 1. The van der Waals surface area contributed by atoms with Crippen LogP contribution in [-0.4, -0.2) is 24.0 Å². The van der Waals surface area contributed by atoms with Crippen LogP contribution in [0.3, 0.4) is 0 Å². The quantitative estimate of drug-likeness (QED) is 0.325. The van der Waals surface area contributed by atoms with E-state index in [0.717, 1.165) is 45.6 Å². The van der Waals surface area contributed by atoms with E-state index in [1.807, 2.05) is 31.2 Å². The van der Waals surface area contributed by atoms with Gasteiger partial charge in [-0.05, 0) is 65.3 Å². The third kappa shape index (κ3) is 8.01. The number of halogens is 2. The molecule has 9 heteroatoms. The Kier molecular flexibility index (Phi) is 12.7. The van der Waals surface area contributed by atoms with Crippen LogP contribution in [0.25, 0.3) is 11.1 Å². The van der Waals surface area contributed by atoms with E-state index in [9.17, 15) is 9.59 Å². The van der Waals surface area contributed by atoms with Crippen LogP contribution in [0.1, 0.15) is 52.3 Å². The topological polar surface area (TPSA) is 120 Å². The number of nitrogens with two attached hydrogens (primary N) is 2. The van der Waals surface area contributed by atoms with Gasteiger partial charge >= 0.3 is 5.97 Å². The number of pyridine rings is 1. The molecule has 1 amide bonds. The fourth-order valence-corrected chi connectivity index (χ4v) is 4.20. The second-order valence-corrected chi connectivity index (χ2v) is 8.98. The Labute approximate surface area is 231 Å². The number of aromatic nitrogens is 1. The molecule has 37 heavy (non-hydrogen) atoms. The number of hydrogen-bond acceptors (Lipinski definition) is 6. The van der Waals surface area contributed by atoms with Gasteiger partial charge < -0.3 is 21.5 Å². The molecule has 0 radical (unpaired) electrons. The lowest BCUT2D eigenvalue weighted by molar-refractivity contribution is -0.115. The van der Waals surface area contributed by atoms with E-state index in [4.69, 9.17) is 21.2 Å². The number of rotatable bonds is 9. The lowest BCUT2D eigenvalue weighted by atomic mass is 9.88. The zero-order valence-electron chi connectivity index (χ0n) is 21.7. The summed E-state index contributed by atoms with van der Waals surface area (Å²) in [5.74, 6) is -0.259. The normalized spacial score (nSPS) is 10.4. The summed E-state index contributed by atoms with van der Waals surface area (Å²) in [6.45, 7) is 7.01. The standard InChI is InChI=1S/C28H34N4O3.2ClH/c1-17(2)12-25-24(16-30)27(20-10-8-19(15-29)9-11-20)23(18(3)31-25)14-26(33)32-22-7-5-6-21(13-22)28(34)35-4;;/h5-11,13,17H,12,14-16,29-30H2,1-4H3,(H,32,33);2*1H. The van der Waals surface area contributed by atoms with Crippen molar-refractivity contribution >= 4 is 42.4 Å². The summed E-state index contributed by atoms with van der Waals surface area (Å²) in [6.07, 6.45) is 0.915. The first-order valence-corrected chi connectivity index (χ1v) is 11.8. The molecular formula is C28H36Cl2N4O3. The van der Waals surface area contributed by atoms with Crippen LogP contribution in [0.5, 0.6) is 0 Å². The van der Waals surface area contributed by atoms with Crippen molar-refractivity contribution < 1.29 is 14.3 Å². The number of anilines is 1. The number of amides is 1. The number of nitrogens with one attached hydrogen (secondary N) is 1. The molecular weight excluding hydrogens is 511 g/mol. The number of carbonyl (C=O) groups is 2. The fourth-order valence-electron chi connectivity index (χ4n) is 4.20. The zero-order chi connectivity index (χ0) is 25.5. The number of carbonyl (C=O) groups excluding carboxylic acids is 2. The first kappa shape index (κ1) is 32.1. The summed E-state index contributed by atoms with van der Waals surface area (Å²) in [6, 6.07) is 14.7. The van der Waals surface area contributed by atoms with E-state index >= 15 is 0 Å². The highest BCUT2D eigenvalue weighted by Crippen LogP contribution is 2.33. The number of nitrogens with zero attached hydrogens (tertiary/aromatic N) is 1. The summed E-state index contributed by atoms with van der Waals surface area (Å²) >= 11 is 0. The summed E-state index contributed by atoms with van der Waals surface area (Å²) < 4.78 is 4.77. The molecule has 2 aromatic carbocycles. The molecule has 0 atom stereocenters. The van der Waals surface area contributed by atoms with Crippen LogP contribution in [0, 0.1) is 12.8 Å². The molecule has 200 valence electrons. The zero-order valence-corrected chi connectivity index (χ0v) is 23.3. The molecule has 0 spiro atoms. The highest BCUT2D eigenvalue weighted by atomic mass is 35.5. The molecule has 1 heterocycles. The summed E-state index contributed by atoms with van der Waals surface area (Å²) in [5, 5.41) is 2.90. The van der Waals surface area contributed by atoms with Crippen molar-refractivity contribution in [2.24, 2.45) is 17.4 Å². The molecule has 0 aliphatic heterocycles. The van der Waals surface area contributed by atoms with Gasteiger partial charge in [0.2, 0.25) is 5.91 Å². The molecule has 0 aliphatic carbocycles. The van der Waals surface area contributed by atoms with Gasteiger partial charge in [-0.2, -0.15) is 0 Å². The highest BCUT2D eigenvalue weighted by molar-refractivity contribution is 5.96. The van der Waals surface area contributed by atoms with E-state index < -0.39 is 5.97 Å². The number of benzene rings is 2. The third-order valence-corrected chi connectivity index (χ3v) is 5.88. The second kappa shape index (κ2) is 14.7. The first-order valence-electron chi connectivity index (χ1n) is 11.8. The largest absolute Gasteiger partial charge is 0.465 e. The SMILES string of the molecule is COC(=O)c1cccc(NC(=O)Cc2c(C)nc(CC(C)C)c(CN)c2-c2ccc(CN)cc2)c1.Cl.Cl. The van der Waals surface area contributed by atoms with Crippen LogP contribution in [0.2, 0.25) is 0 Å². The molecule has 1 aromatic heterocycles. The van der Waals surface area contributed by atoms with Gasteiger partial charge in [-0.15, -0.1) is 24.8 Å². The van der Waals surface area contributed by atoms with E-state index in [2.05, 4.69) is 19.2 Å². The fraction of sp³-hybridized carbons (Fsp3) is 0.321. The Morgan fingerprint density at radius 1 is 1.00 bits per heavy atom. The lowest BCUT2D eigenvalue weighted by Gasteiger charge is -2.21. The Hall–Kier alpha value is -2.97. The average molecular weight is 548 g/mol. The van der Waals surface area contributed by atoms with Crippen LogP contribution in [-0.2, 0) is 35.5 Å². The Balaban J connectivity index is 0.00000342. The van der Waals surface area contributed by atoms with Crippen molar-refractivity contribution in [1.29, 1.82) is 0 Å².